The van der Waals surface area contributed by atoms with E-state index in [0.29, 0.717) is 16.7 Å². The molecule has 3 rings (SSSR count). The van der Waals surface area contributed by atoms with Crippen molar-refractivity contribution in [3.8, 4) is 5.75 Å². The van der Waals surface area contributed by atoms with Crippen molar-refractivity contribution in [3.63, 3.8) is 0 Å². The van der Waals surface area contributed by atoms with E-state index in [1.54, 1.807) is 12.1 Å². The highest BCUT2D eigenvalue weighted by Crippen LogP contribution is 2.39. The third-order valence-corrected chi connectivity index (χ3v) is 6.11. The normalized spacial score (nSPS) is 20.1. The molecule has 0 N–H and O–H groups in total. The number of fused-ring (bicyclic) bond motifs is 1. The molecule has 0 aliphatic heterocycles. The van der Waals surface area contributed by atoms with Crippen LogP contribution in [0.1, 0.15) is 76.7 Å². The average molecular weight is 387 g/mol. The van der Waals surface area contributed by atoms with Crippen molar-refractivity contribution in [2.75, 3.05) is 6.61 Å². The Morgan fingerprint density at radius 3 is 2.54 bits per heavy atom. The van der Waals surface area contributed by atoms with E-state index in [1.165, 1.54) is 38.5 Å². The Balaban J connectivity index is 1.72. The molecule has 0 bridgehead atoms. The van der Waals surface area contributed by atoms with Crippen LogP contribution in [-0.2, 0) is 0 Å². The first-order valence-electron chi connectivity index (χ1n) is 10.8. The number of benzene rings is 2. The second-order valence-corrected chi connectivity index (χ2v) is 8.08. The maximum absolute atomic E-state index is 14.7. The molecule has 0 spiro atoms. The third-order valence-electron chi connectivity index (χ3n) is 6.11. The Kier molecular flexibility index (Phi) is 7.47. The van der Waals surface area contributed by atoms with Gasteiger partial charge in [0, 0.05) is 5.39 Å². The van der Waals surface area contributed by atoms with Gasteiger partial charge in [0.1, 0.15) is 6.61 Å². The minimum absolute atomic E-state index is 0.0246. The molecule has 1 saturated carbocycles. The number of rotatable bonds is 8. The van der Waals surface area contributed by atoms with Crippen LogP contribution < -0.4 is 4.74 Å². The lowest BCUT2D eigenvalue weighted by Gasteiger charge is -2.29. The standard InChI is InChI=1S/C25H32F2O/c1-3-5-7-8-18-9-11-19(12-10-18)20-13-14-21-17-23(28-15-6-4-2)25(27)24(26)22(21)16-20/h4,6,13-14,16-19H,3,5,7-12,15H2,1-2H3. The summed E-state index contributed by atoms with van der Waals surface area (Å²) in [5.74, 6) is -0.422. The molecule has 1 nitrogen and oxygen atoms in total. The van der Waals surface area contributed by atoms with Gasteiger partial charge in [0.05, 0.1) is 0 Å². The van der Waals surface area contributed by atoms with Crippen molar-refractivity contribution in [1.82, 2.24) is 0 Å². The summed E-state index contributed by atoms with van der Waals surface area (Å²) in [7, 11) is 0. The highest BCUT2D eigenvalue weighted by molar-refractivity contribution is 5.85. The smallest absolute Gasteiger partial charge is 0.201 e. The zero-order chi connectivity index (χ0) is 19.9. The molecule has 0 aromatic heterocycles. The van der Waals surface area contributed by atoms with E-state index in [2.05, 4.69) is 13.0 Å². The zero-order valence-corrected chi connectivity index (χ0v) is 17.1. The van der Waals surface area contributed by atoms with Crippen molar-refractivity contribution in [1.29, 1.82) is 0 Å². The lowest BCUT2D eigenvalue weighted by molar-refractivity contribution is 0.303. The van der Waals surface area contributed by atoms with Gasteiger partial charge in [0.15, 0.2) is 11.6 Å². The van der Waals surface area contributed by atoms with Crippen LogP contribution in [0.3, 0.4) is 0 Å². The fourth-order valence-electron chi connectivity index (χ4n) is 4.38. The summed E-state index contributed by atoms with van der Waals surface area (Å²) in [6.45, 7) is 4.34. The first-order chi connectivity index (χ1) is 13.6. The van der Waals surface area contributed by atoms with E-state index in [4.69, 9.17) is 4.74 Å². The SMILES string of the molecule is CC=CCOc1cc2ccc(C3CCC(CCCCC)CC3)cc2c(F)c1F. The molecule has 0 radical (unpaired) electrons. The molecule has 1 aliphatic rings. The zero-order valence-electron chi connectivity index (χ0n) is 17.1. The number of hydrogen-bond acceptors (Lipinski definition) is 1. The van der Waals surface area contributed by atoms with Crippen molar-refractivity contribution in [2.45, 2.75) is 71.1 Å². The molecule has 0 unspecified atom stereocenters. The van der Waals surface area contributed by atoms with Crippen molar-refractivity contribution in [3.05, 3.63) is 53.6 Å². The Hall–Kier alpha value is -1.90. The summed E-state index contributed by atoms with van der Waals surface area (Å²) in [5, 5.41) is 1.05. The van der Waals surface area contributed by atoms with Gasteiger partial charge in [-0.15, -0.1) is 0 Å². The minimum atomic E-state index is -0.895. The third kappa shape index (κ3) is 4.92. The van der Waals surface area contributed by atoms with Gasteiger partial charge in [-0.3, -0.25) is 0 Å². The maximum atomic E-state index is 14.7. The van der Waals surface area contributed by atoms with Gasteiger partial charge >= 0.3 is 0 Å². The van der Waals surface area contributed by atoms with Gasteiger partial charge in [-0.25, -0.2) is 4.39 Å². The van der Waals surface area contributed by atoms with E-state index >= 15 is 0 Å². The molecule has 1 fully saturated rings. The van der Waals surface area contributed by atoms with Crippen molar-refractivity contribution in [2.24, 2.45) is 5.92 Å². The predicted molar refractivity (Wildman–Crippen MR) is 113 cm³/mol. The topological polar surface area (TPSA) is 9.23 Å². The summed E-state index contributed by atoms with van der Waals surface area (Å²) in [5.41, 5.74) is 1.14. The van der Waals surface area contributed by atoms with E-state index in [9.17, 15) is 8.78 Å². The fraction of sp³-hybridized carbons (Fsp3) is 0.520. The molecule has 28 heavy (non-hydrogen) atoms. The first-order valence-corrected chi connectivity index (χ1v) is 10.8. The average Bonchev–Trinajstić information content (AvgIpc) is 2.72. The highest BCUT2D eigenvalue weighted by atomic mass is 19.2. The van der Waals surface area contributed by atoms with E-state index in [-0.39, 0.29) is 12.4 Å². The van der Waals surface area contributed by atoms with E-state index in [1.807, 2.05) is 25.1 Å². The largest absolute Gasteiger partial charge is 0.486 e. The number of allylic oxidation sites excluding steroid dienone is 1. The molecule has 2 aromatic rings. The summed E-state index contributed by atoms with van der Waals surface area (Å²) < 4.78 is 34.4. The summed E-state index contributed by atoms with van der Waals surface area (Å²) in [6.07, 6.45) is 13.7. The number of ether oxygens (including phenoxy) is 1. The molecular formula is C25H32F2O. The van der Waals surface area contributed by atoms with Gasteiger partial charge in [-0.2, -0.15) is 4.39 Å². The van der Waals surface area contributed by atoms with Crippen molar-refractivity contribution < 1.29 is 13.5 Å². The van der Waals surface area contributed by atoms with Crippen molar-refractivity contribution >= 4 is 10.8 Å². The second kappa shape index (κ2) is 10.0. The van der Waals surface area contributed by atoms with Crippen LogP contribution >= 0.6 is 0 Å². The molecular weight excluding hydrogens is 354 g/mol. The maximum Gasteiger partial charge on any atom is 0.201 e. The number of unbranched alkanes of at least 4 members (excludes halogenated alkanes) is 2. The second-order valence-electron chi connectivity index (χ2n) is 8.08. The Morgan fingerprint density at radius 1 is 1.04 bits per heavy atom. The molecule has 152 valence electrons. The summed E-state index contributed by atoms with van der Waals surface area (Å²) in [4.78, 5) is 0. The van der Waals surface area contributed by atoms with Crippen LogP contribution in [0.15, 0.2) is 36.4 Å². The number of hydrogen-bond donors (Lipinski definition) is 0. The van der Waals surface area contributed by atoms with Gasteiger partial charge in [-0.05, 0) is 67.5 Å². The monoisotopic (exact) mass is 386 g/mol. The van der Waals surface area contributed by atoms with Crippen LogP contribution in [0.5, 0.6) is 5.75 Å². The van der Waals surface area contributed by atoms with Crippen LogP contribution in [0.4, 0.5) is 8.78 Å². The Labute approximate surface area is 167 Å². The molecule has 2 aromatic carbocycles. The lowest BCUT2D eigenvalue weighted by Crippen LogP contribution is -2.13. The molecule has 0 heterocycles. The lowest BCUT2D eigenvalue weighted by atomic mass is 9.77. The van der Waals surface area contributed by atoms with E-state index in [0.717, 1.165) is 24.3 Å². The van der Waals surface area contributed by atoms with Crippen LogP contribution in [0, 0.1) is 17.6 Å². The van der Waals surface area contributed by atoms with Crippen LogP contribution in [0.2, 0.25) is 0 Å². The quantitative estimate of drug-likeness (QED) is 0.331. The molecule has 3 heteroatoms. The highest BCUT2D eigenvalue weighted by Gasteiger charge is 2.23. The minimum Gasteiger partial charge on any atom is -0.486 e. The van der Waals surface area contributed by atoms with Gasteiger partial charge < -0.3 is 4.74 Å². The first kappa shape index (κ1) is 20.8. The van der Waals surface area contributed by atoms with Crippen LogP contribution in [-0.4, -0.2) is 6.61 Å². The van der Waals surface area contributed by atoms with E-state index < -0.39 is 11.6 Å². The van der Waals surface area contributed by atoms with Gasteiger partial charge in [-0.1, -0.05) is 56.9 Å². The Bertz CT molecular complexity index is 804. The molecule has 0 atom stereocenters. The summed E-state index contributed by atoms with van der Waals surface area (Å²) in [6, 6.07) is 7.44. The van der Waals surface area contributed by atoms with Gasteiger partial charge in [0.2, 0.25) is 5.82 Å². The number of halogens is 2. The van der Waals surface area contributed by atoms with Crippen LogP contribution in [0.25, 0.3) is 10.8 Å². The molecule has 1 aliphatic carbocycles. The Morgan fingerprint density at radius 2 is 1.82 bits per heavy atom. The van der Waals surface area contributed by atoms with Gasteiger partial charge in [0.25, 0.3) is 0 Å². The summed E-state index contributed by atoms with van der Waals surface area (Å²) >= 11 is 0. The molecule has 0 saturated heterocycles. The predicted octanol–water partition coefficient (Wildman–Crippen LogP) is 7.93. The molecule has 0 amide bonds. The fourth-order valence-corrected chi connectivity index (χ4v) is 4.38.